The van der Waals surface area contributed by atoms with Crippen LogP contribution in [0, 0.1) is 0 Å². The van der Waals surface area contributed by atoms with Gasteiger partial charge in [0, 0.05) is 42.7 Å². The van der Waals surface area contributed by atoms with E-state index in [2.05, 4.69) is 0 Å². The van der Waals surface area contributed by atoms with E-state index < -0.39 is 5.97 Å². The predicted molar refractivity (Wildman–Crippen MR) is 155 cm³/mol. The fraction of sp³-hybridized carbons (Fsp3) is 0.387. The van der Waals surface area contributed by atoms with Crippen molar-refractivity contribution in [2.45, 2.75) is 52.4 Å². The molecule has 216 valence electrons. The number of methoxy groups -OCH3 is 2. The molecule has 9 nitrogen and oxygen atoms in total. The second kappa shape index (κ2) is 12.4. The van der Waals surface area contributed by atoms with Crippen molar-refractivity contribution in [2.24, 2.45) is 7.05 Å². The third-order valence-electron chi connectivity index (χ3n) is 7.49. The molecule has 41 heavy (non-hydrogen) atoms. The van der Waals surface area contributed by atoms with Crippen LogP contribution in [0.3, 0.4) is 0 Å². The average molecular weight is 580 g/mol. The highest BCUT2D eigenvalue weighted by atomic mass is 35.5. The molecule has 0 saturated heterocycles. The Kier molecular flexibility index (Phi) is 8.65. The van der Waals surface area contributed by atoms with E-state index in [0.717, 1.165) is 69.7 Å². The Labute approximate surface area is 243 Å². The van der Waals surface area contributed by atoms with Crippen LogP contribution in [0.4, 0.5) is 0 Å². The average Bonchev–Trinajstić information content (AvgIpc) is 3.63. The van der Waals surface area contributed by atoms with Gasteiger partial charge in [-0.15, -0.1) is 0 Å². The number of halogens is 1. The second-order valence-corrected chi connectivity index (χ2v) is 10.5. The van der Waals surface area contributed by atoms with Crippen molar-refractivity contribution < 1.29 is 28.5 Å². The zero-order chi connectivity index (χ0) is 29.1. The standard InChI is InChI=1S/C31H34ClN3O6/c1-19(36)41-16-6-7-22-23-13-14-24(32)27(29(23)34(2)30(22)31(37)39-4)28-25(33-35-15-5-8-26(28)35)18-40-17-20-9-11-21(38-3)12-10-20/h9-14H,5-8,15-18H2,1-4H3. The molecule has 1 aliphatic heterocycles. The van der Waals surface area contributed by atoms with Crippen LogP contribution in [-0.4, -0.2) is 47.1 Å². The molecule has 0 fully saturated rings. The summed E-state index contributed by atoms with van der Waals surface area (Å²) in [6, 6.07) is 11.6. The van der Waals surface area contributed by atoms with Gasteiger partial charge in [0.05, 0.1) is 50.3 Å². The number of nitrogens with zero attached hydrogens (tertiary/aromatic N) is 3. The first-order chi connectivity index (χ1) is 19.8. The number of ether oxygens (including phenoxy) is 4. The van der Waals surface area contributed by atoms with Gasteiger partial charge in [-0.2, -0.15) is 5.10 Å². The van der Waals surface area contributed by atoms with E-state index in [-0.39, 0.29) is 12.6 Å². The highest BCUT2D eigenvalue weighted by Crippen LogP contribution is 2.43. The van der Waals surface area contributed by atoms with Crippen molar-refractivity contribution in [3.8, 4) is 16.9 Å². The fourth-order valence-electron chi connectivity index (χ4n) is 5.68. The molecule has 0 aliphatic carbocycles. The quantitative estimate of drug-likeness (QED) is 0.167. The van der Waals surface area contributed by atoms with Crippen molar-refractivity contribution in [3.05, 3.63) is 69.6 Å². The normalized spacial score (nSPS) is 12.5. The molecule has 0 unspecified atom stereocenters. The minimum atomic E-state index is -0.434. The van der Waals surface area contributed by atoms with E-state index in [1.165, 1.54) is 14.0 Å². The lowest BCUT2D eigenvalue weighted by atomic mass is 9.97. The van der Waals surface area contributed by atoms with Gasteiger partial charge in [-0.25, -0.2) is 4.79 Å². The number of aromatic nitrogens is 3. The number of fused-ring (bicyclic) bond motifs is 2. The van der Waals surface area contributed by atoms with E-state index in [4.69, 9.17) is 35.6 Å². The summed E-state index contributed by atoms with van der Waals surface area (Å²) in [5.41, 5.74) is 6.85. The van der Waals surface area contributed by atoms with Crippen LogP contribution < -0.4 is 4.74 Å². The van der Waals surface area contributed by atoms with Crippen LogP contribution in [0.15, 0.2) is 36.4 Å². The third kappa shape index (κ3) is 5.69. The fourth-order valence-corrected chi connectivity index (χ4v) is 5.92. The zero-order valence-corrected chi connectivity index (χ0v) is 24.5. The summed E-state index contributed by atoms with van der Waals surface area (Å²) in [4.78, 5) is 24.3. The molecule has 2 aromatic carbocycles. The van der Waals surface area contributed by atoms with Gasteiger partial charge in [-0.3, -0.25) is 9.48 Å². The van der Waals surface area contributed by atoms with E-state index in [1.54, 1.807) is 7.11 Å². The van der Waals surface area contributed by atoms with Gasteiger partial charge in [0.25, 0.3) is 0 Å². The number of carbonyl (C=O) groups excluding carboxylic acids is 2. The molecule has 0 saturated carbocycles. The first-order valence-corrected chi connectivity index (χ1v) is 14.0. The lowest BCUT2D eigenvalue weighted by molar-refractivity contribution is -0.141. The van der Waals surface area contributed by atoms with E-state index >= 15 is 0 Å². The molecule has 0 bridgehead atoms. The summed E-state index contributed by atoms with van der Waals surface area (Å²) in [5, 5.41) is 6.40. The largest absolute Gasteiger partial charge is 0.497 e. The Balaban J connectivity index is 1.56. The van der Waals surface area contributed by atoms with Gasteiger partial charge in [-0.05, 0) is 55.0 Å². The Morgan fingerprint density at radius 2 is 1.83 bits per heavy atom. The molecule has 0 N–H and O–H groups in total. The molecule has 4 aromatic rings. The Morgan fingerprint density at radius 1 is 1.05 bits per heavy atom. The SMILES string of the molecule is COC(=O)c1c(CCCOC(C)=O)c2ccc(Cl)c(-c3c(COCc4ccc(OC)cc4)nn4c3CCC4)c2n1C. The lowest BCUT2D eigenvalue weighted by Crippen LogP contribution is -2.11. The summed E-state index contributed by atoms with van der Waals surface area (Å²) in [5.74, 6) is 0.0301. The van der Waals surface area contributed by atoms with Crippen LogP contribution >= 0.6 is 11.6 Å². The number of carbonyl (C=O) groups is 2. The Hall–Kier alpha value is -3.82. The van der Waals surface area contributed by atoms with Crippen molar-refractivity contribution in [3.63, 3.8) is 0 Å². The molecule has 2 aromatic heterocycles. The molecular formula is C31H34ClN3O6. The highest BCUT2D eigenvalue weighted by molar-refractivity contribution is 6.35. The molecule has 10 heteroatoms. The number of esters is 2. The zero-order valence-electron chi connectivity index (χ0n) is 23.8. The lowest BCUT2D eigenvalue weighted by Gasteiger charge is -2.12. The number of hydrogen-bond acceptors (Lipinski definition) is 7. The summed E-state index contributed by atoms with van der Waals surface area (Å²) in [6.07, 6.45) is 2.96. The van der Waals surface area contributed by atoms with Gasteiger partial charge in [0.2, 0.25) is 0 Å². The van der Waals surface area contributed by atoms with Gasteiger partial charge in [0.15, 0.2) is 0 Å². The van der Waals surface area contributed by atoms with E-state index in [0.29, 0.717) is 36.8 Å². The van der Waals surface area contributed by atoms with Gasteiger partial charge in [-0.1, -0.05) is 29.8 Å². The van der Waals surface area contributed by atoms with Gasteiger partial charge >= 0.3 is 11.9 Å². The van der Waals surface area contributed by atoms with Gasteiger partial charge < -0.3 is 23.5 Å². The predicted octanol–water partition coefficient (Wildman–Crippen LogP) is 5.65. The van der Waals surface area contributed by atoms with Crippen LogP contribution in [0.2, 0.25) is 5.02 Å². The monoisotopic (exact) mass is 579 g/mol. The van der Waals surface area contributed by atoms with Crippen LogP contribution in [-0.2, 0) is 58.7 Å². The maximum absolute atomic E-state index is 13.0. The Bertz CT molecular complexity index is 1590. The molecule has 0 atom stereocenters. The van der Waals surface area contributed by atoms with E-state index in [1.807, 2.05) is 52.7 Å². The summed E-state index contributed by atoms with van der Waals surface area (Å²) < 4.78 is 25.6. The number of rotatable bonds is 11. The van der Waals surface area contributed by atoms with Crippen LogP contribution in [0.25, 0.3) is 22.0 Å². The summed E-state index contributed by atoms with van der Waals surface area (Å²) in [7, 11) is 4.87. The van der Waals surface area contributed by atoms with Crippen molar-refractivity contribution in [1.29, 1.82) is 0 Å². The molecule has 1 aliphatic rings. The maximum Gasteiger partial charge on any atom is 0.354 e. The first-order valence-electron chi connectivity index (χ1n) is 13.6. The number of aryl methyl sites for hydroxylation is 3. The molecule has 0 amide bonds. The second-order valence-electron chi connectivity index (χ2n) is 10.1. The molecule has 0 spiro atoms. The topological polar surface area (TPSA) is 93.8 Å². The first kappa shape index (κ1) is 28.7. The summed E-state index contributed by atoms with van der Waals surface area (Å²) in [6.45, 7) is 3.20. The van der Waals surface area contributed by atoms with Crippen molar-refractivity contribution >= 4 is 34.4 Å². The molecular weight excluding hydrogens is 546 g/mol. The van der Waals surface area contributed by atoms with Crippen molar-refractivity contribution in [2.75, 3.05) is 20.8 Å². The summed E-state index contributed by atoms with van der Waals surface area (Å²) >= 11 is 6.96. The van der Waals surface area contributed by atoms with Crippen molar-refractivity contribution in [1.82, 2.24) is 14.3 Å². The smallest absolute Gasteiger partial charge is 0.354 e. The van der Waals surface area contributed by atoms with Gasteiger partial charge in [0.1, 0.15) is 11.4 Å². The van der Waals surface area contributed by atoms with Crippen LogP contribution in [0.1, 0.15) is 52.8 Å². The maximum atomic E-state index is 13.0. The molecule has 5 rings (SSSR count). The number of benzene rings is 2. The minimum absolute atomic E-state index is 0.263. The molecule has 3 heterocycles. The number of hydrogen-bond donors (Lipinski definition) is 0. The molecule has 0 radical (unpaired) electrons. The minimum Gasteiger partial charge on any atom is -0.497 e. The third-order valence-corrected chi connectivity index (χ3v) is 7.81. The Morgan fingerprint density at radius 3 is 2.54 bits per heavy atom. The van der Waals surface area contributed by atoms with Crippen LogP contribution in [0.5, 0.6) is 5.75 Å². The highest BCUT2D eigenvalue weighted by Gasteiger charge is 2.30. The van der Waals surface area contributed by atoms with E-state index in [9.17, 15) is 9.59 Å².